The Kier molecular flexibility index (Phi) is 3.13. The predicted octanol–water partition coefficient (Wildman–Crippen LogP) is 4.96. The number of fused-ring (bicyclic) bond motifs is 1. The molecule has 4 aromatic rings. The third kappa shape index (κ3) is 2.15. The first-order valence-corrected chi connectivity index (χ1v) is 7.26. The number of hydrogen-bond donors (Lipinski definition) is 0. The van der Waals surface area contributed by atoms with E-state index in [2.05, 4.69) is 46.4 Å². The summed E-state index contributed by atoms with van der Waals surface area (Å²) >= 11 is 0. The van der Waals surface area contributed by atoms with Crippen molar-refractivity contribution >= 4 is 10.8 Å². The fourth-order valence-corrected chi connectivity index (χ4v) is 2.87. The van der Waals surface area contributed by atoms with Gasteiger partial charge in [-0.3, -0.25) is 9.97 Å². The van der Waals surface area contributed by atoms with Crippen LogP contribution in [0.5, 0.6) is 0 Å². The molecule has 0 N–H and O–H groups in total. The van der Waals surface area contributed by atoms with Gasteiger partial charge in [0.2, 0.25) is 0 Å². The first kappa shape index (κ1) is 12.7. The standard InChI is InChI=1S/C20H14N2/c1-2-4-20-18(16-9-13-22-14-10-16)6-5-17(19(20)3-1)15-7-11-21-12-8-15/h1-14H. The molecule has 0 aliphatic heterocycles. The number of aromatic nitrogens is 2. The highest BCUT2D eigenvalue weighted by Crippen LogP contribution is 2.35. The third-order valence-corrected chi connectivity index (χ3v) is 3.91. The van der Waals surface area contributed by atoms with Crippen molar-refractivity contribution in [2.24, 2.45) is 0 Å². The largest absolute Gasteiger partial charge is 0.265 e. The molecule has 2 heteroatoms. The van der Waals surface area contributed by atoms with Gasteiger partial charge in [0, 0.05) is 24.8 Å². The molecule has 0 saturated heterocycles. The summed E-state index contributed by atoms with van der Waals surface area (Å²) in [6.45, 7) is 0. The SMILES string of the molecule is c1ccc2c(-c3ccncc3)ccc(-c3ccncc3)c2c1. The summed E-state index contributed by atoms with van der Waals surface area (Å²) in [6, 6.07) is 21.1. The molecule has 0 fully saturated rings. The topological polar surface area (TPSA) is 25.8 Å². The van der Waals surface area contributed by atoms with Gasteiger partial charge in [-0.05, 0) is 57.3 Å². The third-order valence-electron chi connectivity index (χ3n) is 3.91. The molecule has 0 aliphatic rings. The van der Waals surface area contributed by atoms with Crippen molar-refractivity contribution in [1.29, 1.82) is 0 Å². The van der Waals surface area contributed by atoms with E-state index in [1.54, 1.807) is 0 Å². The average molecular weight is 282 g/mol. The lowest BCUT2D eigenvalue weighted by Crippen LogP contribution is -1.86. The summed E-state index contributed by atoms with van der Waals surface area (Å²) in [7, 11) is 0. The molecule has 0 bridgehead atoms. The maximum atomic E-state index is 4.11. The Labute approximate surface area is 129 Å². The highest BCUT2D eigenvalue weighted by atomic mass is 14.6. The van der Waals surface area contributed by atoms with Gasteiger partial charge >= 0.3 is 0 Å². The number of nitrogens with zero attached hydrogens (tertiary/aromatic N) is 2. The molecule has 22 heavy (non-hydrogen) atoms. The molecule has 0 unspecified atom stereocenters. The van der Waals surface area contributed by atoms with Crippen LogP contribution in [0.25, 0.3) is 33.0 Å². The average Bonchev–Trinajstić information content (AvgIpc) is 2.62. The van der Waals surface area contributed by atoms with Gasteiger partial charge in [0.05, 0.1) is 0 Å². The molecule has 2 aromatic carbocycles. The summed E-state index contributed by atoms with van der Waals surface area (Å²) < 4.78 is 0. The maximum absolute atomic E-state index is 4.11. The molecule has 0 radical (unpaired) electrons. The van der Waals surface area contributed by atoms with E-state index in [1.807, 2.05) is 49.1 Å². The van der Waals surface area contributed by atoms with Gasteiger partial charge in [-0.25, -0.2) is 0 Å². The summed E-state index contributed by atoms with van der Waals surface area (Å²) in [5.74, 6) is 0. The van der Waals surface area contributed by atoms with Gasteiger partial charge in [0.1, 0.15) is 0 Å². The van der Waals surface area contributed by atoms with Crippen LogP contribution in [-0.4, -0.2) is 9.97 Å². The smallest absolute Gasteiger partial charge is 0.0273 e. The normalized spacial score (nSPS) is 10.7. The van der Waals surface area contributed by atoms with Gasteiger partial charge in [0.15, 0.2) is 0 Å². The number of pyridine rings is 2. The lowest BCUT2D eigenvalue weighted by Gasteiger charge is -2.11. The number of benzene rings is 2. The molecule has 104 valence electrons. The minimum atomic E-state index is 1.19. The minimum absolute atomic E-state index is 1.19. The van der Waals surface area contributed by atoms with E-state index in [9.17, 15) is 0 Å². The predicted molar refractivity (Wildman–Crippen MR) is 90.4 cm³/mol. The van der Waals surface area contributed by atoms with Crippen LogP contribution in [0.1, 0.15) is 0 Å². The Balaban J connectivity index is 2.01. The van der Waals surface area contributed by atoms with Gasteiger partial charge in [-0.2, -0.15) is 0 Å². The summed E-state index contributed by atoms with van der Waals surface area (Å²) in [5, 5.41) is 2.51. The molecule has 0 aliphatic carbocycles. The first-order chi connectivity index (χ1) is 10.9. The van der Waals surface area contributed by atoms with Gasteiger partial charge in [-0.15, -0.1) is 0 Å². The van der Waals surface area contributed by atoms with Gasteiger partial charge in [-0.1, -0.05) is 36.4 Å². The van der Waals surface area contributed by atoms with E-state index >= 15 is 0 Å². The van der Waals surface area contributed by atoms with Gasteiger partial charge in [0.25, 0.3) is 0 Å². The van der Waals surface area contributed by atoms with Crippen molar-refractivity contribution in [1.82, 2.24) is 9.97 Å². The maximum Gasteiger partial charge on any atom is 0.0273 e. The quantitative estimate of drug-likeness (QED) is 0.519. The molecule has 0 atom stereocenters. The van der Waals surface area contributed by atoms with Crippen LogP contribution in [0.4, 0.5) is 0 Å². The fraction of sp³-hybridized carbons (Fsp3) is 0. The Bertz CT molecular complexity index is 838. The molecule has 2 aromatic heterocycles. The summed E-state index contributed by atoms with van der Waals surface area (Å²) in [4.78, 5) is 8.22. The Morgan fingerprint density at radius 2 is 0.864 bits per heavy atom. The zero-order valence-corrected chi connectivity index (χ0v) is 12.0. The van der Waals surface area contributed by atoms with Crippen LogP contribution < -0.4 is 0 Å². The highest BCUT2D eigenvalue weighted by molar-refractivity contribution is 6.04. The van der Waals surface area contributed by atoms with E-state index in [4.69, 9.17) is 0 Å². The van der Waals surface area contributed by atoms with Crippen molar-refractivity contribution in [3.8, 4) is 22.3 Å². The molecule has 2 nitrogen and oxygen atoms in total. The molecular formula is C20H14N2. The number of rotatable bonds is 2. The zero-order chi connectivity index (χ0) is 14.8. The van der Waals surface area contributed by atoms with Crippen LogP contribution in [-0.2, 0) is 0 Å². The molecule has 0 saturated carbocycles. The fourth-order valence-electron chi connectivity index (χ4n) is 2.87. The van der Waals surface area contributed by atoms with Crippen molar-refractivity contribution < 1.29 is 0 Å². The first-order valence-electron chi connectivity index (χ1n) is 7.26. The van der Waals surface area contributed by atoms with E-state index < -0.39 is 0 Å². The van der Waals surface area contributed by atoms with Crippen molar-refractivity contribution in [2.45, 2.75) is 0 Å². The van der Waals surface area contributed by atoms with Crippen LogP contribution in [0, 0.1) is 0 Å². The van der Waals surface area contributed by atoms with E-state index in [0.29, 0.717) is 0 Å². The van der Waals surface area contributed by atoms with E-state index in [1.165, 1.54) is 33.0 Å². The van der Waals surface area contributed by atoms with Crippen molar-refractivity contribution in [3.05, 3.63) is 85.5 Å². The monoisotopic (exact) mass is 282 g/mol. The lowest BCUT2D eigenvalue weighted by molar-refractivity contribution is 1.33. The zero-order valence-electron chi connectivity index (χ0n) is 12.0. The molecule has 0 amide bonds. The Morgan fingerprint density at radius 3 is 1.27 bits per heavy atom. The minimum Gasteiger partial charge on any atom is -0.265 e. The van der Waals surface area contributed by atoms with Crippen molar-refractivity contribution in [3.63, 3.8) is 0 Å². The second-order valence-corrected chi connectivity index (χ2v) is 5.18. The Hall–Kier alpha value is -3.00. The molecular weight excluding hydrogens is 268 g/mol. The van der Waals surface area contributed by atoms with Crippen LogP contribution in [0.2, 0.25) is 0 Å². The number of hydrogen-bond acceptors (Lipinski definition) is 2. The second kappa shape index (κ2) is 5.41. The summed E-state index contributed by atoms with van der Waals surface area (Å²) in [6.07, 6.45) is 7.34. The van der Waals surface area contributed by atoms with Gasteiger partial charge < -0.3 is 0 Å². The lowest BCUT2D eigenvalue weighted by atomic mass is 9.93. The second-order valence-electron chi connectivity index (χ2n) is 5.18. The van der Waals surface area contributed by atoms with E-state index in [0.717, 1.165) is 0 Å². The molecule has 4 rings (SSSR count). The molecule has 2 heterocycles. The van der Waals surface area contributed by atoms with Crippen LogP contribution >= 0.6 is 0 Å². The summed E-state index contributed by atoms with van der Waals surface area (Å²) in [5.41, 5.74) is 4.84. The van der Waals surface area contributed by atoms with Crippen molar-refractivity contribution in [2.75, 3.05) is 0 Å². The van der Waals surface area contributed by atoms with Crippen LogP contribution in [0.15, 0.2) is 85.5 Å². The highest BCUT2D eigenvalue weighted by Gasteiger charge is 2.08. The Morgan fingerprint density at radius 1 is 0.455 bits per heavy atom. The van der Waals surface area contributed by atoms with Crippen LogP contribution in [0.3, 0.4) is 0 Å². The molecule has 0 spiro atoms. The van der Waals surface area contributed by atoms with E-state index in [-0.39, 0.29) is 0 Å².